The molecule has 3 heteroatoms. The van der Waals surface area contributed by atoms with Crippen molar-refractivity contribution in [2.24, 2.45) is 11.7 Å². The maximum absolute atomic E-state index is 6.33. The fourth-order valence-corrected chi connectivity index (χ4v) is 2.57. The van der Waals surface area contributed by atoms with E-state index in [1.807, 2.05) is 12.1 Å². The lowest BCUT2D eigenvalue weighted by Gasteiger charge is -2.28. The number of nitrogens with two attached hydrogens (primary N) is 1. The molecule has 0 spiro atoms. The highest BCUT2D eigenvalue weighted by atomic mass is 16.5. The third kappa shape index (κ3) is 2.35. The summed E-state index contributed by atoms with van der Waals surface area (Å²) < 4.78 is 5.27. The van der Waals surface area contributed by atoms with Crippen molar-refractivity contribution in [3.05, 3.63) is 23.9 Å². The smallest absolute Gasteiger partial charge is 0.217 e. The third-order valence-electron chi connectivity index (χ3n) is 3.51. The van der Waals surface area contributed by atoms with Gasteiger partial charge in [-0.25, -0.2) is 4.98 Å². The summed E-state index contributed by atoms with van der Waals surface area (Å²) in [6, 6.07) is 4.04. The molecule has 2 N–H and O–H groups in total. The highest BCUT2D eigenvalue weighted by Crippen LogP contribution is 2.35. The Morgan fingerprint density at radius 1 is 1.38 bits per heavy atom. The number of rotatable bonds is 3. The molecule has 0 aliphatic heterocycles. The lowest BCUT2D eigenvalue weighted by atomic mass is 9.82. The first kappa shape index (κ1) is 11.4. The van der Waals surface area contributed by atoms with Crippen LogP contribution >= 0.6 is 0 Å². The van der Waals surface area contributed by atoms with Gasteiger partial charge in [0.25, 0.3) is 0 Å². The number of hydrogen-bond acceptors (Lipinski definition) is 3. The Kier molecular flexibility index (Phi) is 3.78. The summed E-state index contributed by atoms with van der Waals surface area (Å²) in [5, 5.41) is 0. The van der Waals surface area contributed by atoms with Crippen molar-refractivity contribution in [2.45, 2.75) is 38.1 Å². The van der Waals surface area contributed by atoms with Crippen LogP contribution in [0, 0.1) is 5.92 Å². The first-order valence-electron chi connectivity index (χ1n) is 6.07. The van der Waals surface area contributed by atoms with Gasteiger partial charge in [0.05, 0.1) is 7.11 Å². The van der Waals surface area contributed by atoms with Gasteiger partial charge in [-0.15, -0.1) is 0 Å². The van der Waals surface area contributed by atoms with Crippen molar-refractivity contribution in [2.75, 3.05) is 7.11 Å². The summed E-state index contributed by atoms with van der Waals surface area (Å²) >= 11 is 0. The van der Waals surface area contributed by atoms with E-state index in [9.17, 15) is 0 Å². The maximum atomic E-state index is 6.33. The SMILES string of the molecule is COc1ncccc1C(N)C1CCCCC1. The van der Waals surface area contributed by atoms with Crippen LogP contribution in [-0.2, 0) is 0 Å². The summed E-state index contributed by atoms with van der Waals surface area (Å²) in [4.78, 5) is 4.21. The quantitative estimate of drug-likeness (QED) is 0.852. The van der Waals surface area contributed by atoms with Gasteiger partial charge < -0.3 is 10.5 Å². The molecular formula is C13H20N2O. The summed E-state index contributed by atoms with van der Waals surface area (Å²) in [5.74, 6) is 1.27. The fourth-order valence-electron chi connectivity index (χ4n) is 2.57. The zero-order chi connectivity index (χ0) is 11.4. The normalized spacial score (nSPS) is 19.4. The molecule has 0 bridgehead atoms. The number of ether oxygens (including phenoxy) is 1. The van der Waals surface area contributed by atoms with Crippen molar-refractivity contribution >= 4 is 0 Å². The largest absolute Gasteiger partial charge is 0.481 e. The molecule has 1 aromatic heterocycles. The van der Waals surface area contributed by atoms with Crippen LogP contribution in [0.25, 0.3) is 0 Å². The van der Waals surface area contributed by atoms with E-state index in [4.69, 9.17) is 10.5 Å². The molecule has 1 aliphatic rings. The van der Waals surface area contributed by atoms with Gasteiger partial charge in [-0.1, -0.05) is 25.3 Å². The van der Waals surface area contributed by atoms with E-state index in [1.165, 1.54) is 32.1 Å². The number of pyridine rings is 1. The first-order valence-corrected chi connectivity index (χ1v) is 6.07. The zero-order valence-corrected chi connectivity index (χ0v) is 9.86. The summed E-state index contributed by atoms with van der Waals surface area (Å²) in [6.45, 7) is 0. The molecule has 1 aromatic rings. The Hall–Kier alpha value is -1.09. The molecule has 16 heavy (non-hydrogen) atoms. The number of nitrogens with zero attached hydrogens (tertiary/aromatic N) is 1. The molecule has 1 fully saturated rings. The van der Waals surface area contributed by atoms with Gasteiger partial charge >= 0.3 is 0 Å². The van der Waals surface area contributed by atoms with E-state index in [-0.39, 0.29) is 6.04 Å². The zero-order valence-electron chi connectivity index (χ0n) is 9.86. The Morgan fingerprint density at radius 2 is 2.12 bits per heavy atom. The van der Waals surface area contributed by atoms with Gasteiger partial charge in [-0.2, -0.15) is 0 Å². The van der Waals surface area contributed by atoms with Crippen LogP contribution in [0.1, 0.15) is 43.7 Å². The average Bonchev–Trinajstić information content (AvgIpc) is 2.39. The maximum Gasteiger partial charge on any atom is 0.217 e. The molecule has 1 heterocycles. The molecule has 1 atom stereocenters. The molecule has 0 radical (unpaired) electrons. The monoisotopic (exact) mass is 220 g/mol. The lowest BCUT2D eigenvalue weighted by Crippen LogP contribution is -2.24. The molecule has 1 unspecified atom stereocenters. The highest BCUT2D eigenvalue weighted by Gasteiger charge is 2.24. The van der Waals surface area contributed by atoms with Gasteiger partial charge in [0, 0.05) is 17.8 Å². The van der Waals surface area contributed by atoms with Crippen molar-refractivity contribution in [3.8, 4) is 5.88 Å². The van der Waals surface area contributed by atoms with Crippen LogP contribution in [-0.4, -0.2) is 12.1 Å². The molecule has 0 saturated heterocycles. The molecule has 1 aliphatic carbocycles. The minimum atomic E-state index is 0.0731. The highest BCUT2D eigenvalue weighted by molar-refractivity contribution is 5.29. The Bertz CT molecular complexity index is 334. The van der Waals surface area contributed by atoms with Gasteiger partial charge in [-0.05, 0) is 24.8 Å². The fraction of sp³-hybridized carbons (Fsp3) is 0.615. The van der Waals surface area contributed by atoms with E-state index in [0.29, 0.717) is 11.8 Å². The Balaban J connectivity index is 2.15. The second kappa shape index (κ2) is 5.30. The van der Waals surface area contributed by atoms with E-state index < -0.39 is 0 Å². The molecular weight excluding hydrogens is 200 g/mol. The summed E-state index contributed by atoms with van der Waals surface area (Å²) in [6.07, 6.45) is 8.18. The van der Waals surface area contributed by atoms with Gasteiger partial charge in [0.15, 0.2) is 0 Å². The van der Waals surface area contributed by atoms with Gasteiger partial charge in [-0.3, -0.25) is 0 Å². The molecule has 88 valence electrons. The molecule has 0 aromatic carbocycles. The van der Waals surface area contributed by atoms with Crippen LogP contribution in [0.2, 0.25) is 0 Å². The predicted octanol–water partition coefficient (Wildman–Crippen LogP) is 2.67. The molecule has 3 nitrogen and oxygen atoms in total. The van der Waals surface area contributed by atoms with Crippen LogP contribution in [0.15, 0.2) is 18.3 Å². The summed E-state index contributed by atoms with van der Waals surface area (Å²) in [7, 11) is 1.65. The Morgan fingerprint density at radius 3 is 2.81 bits per heavy atom. The minimum Gasteiger partial charge on any atom is -0.481 e. The predicted molar refractivity (Wildman–Crippen MR) is 64.3 cm³/mol. The third-order valence-corrected chi connectivity index (χ3v) is 3.51. The topological polar surface area (TPSA) is 48.1 Å². The second-order valence-corrected chi connectivity index (χ2v) is 4.53. The van der Waals surface area contributed by atoms with E-state index in [0.717, 1.165) is 5.56 Å². The first-order chi connectivity index (χ1) is 7.83. The van der Waals surface area contributed by atoms with Crippen molar-refractivity contribution in [3.63, 3.8) is 0 Å². The van der Waals surface area contributed by atoms with Crippen molar-refractivity contribution in [1.82, 2.24) is 4.98 Å². The van der Waals surface area contributed by atoms with Crippen LogP contribution in [0.4, 0.5) is 0 Å². The van der Waals surface area contributed by atoms with Crippen LogP contribution in [0.3, 0.4) is 0 Å². The molecule has 0 amide bonds. The average molecular weight is 220 g/mol. The van der Waals surface area contributed by atoms with Gasteiger partial charge in [0.2, 0.25) is 5.88 Å². The minimum absolute atomic E-state index is 0.0731. The number of aromatic nitrogens is 1. The van der Waals surface area contributed by atoms with Crippen molar-refractivity contribution < 1.29 is 4.74 Å². The Labute approximate surface area is 97.0 Å². The van der Waals surface area contributed by atoms with E-state index >= 15 is 0 Å². The lowest BCUT2D eigenvalue weighted by molar-refractivity contribution is 0.299. The molecule has 1 saturated carbocycles. The van der Waals surface area contributed by atoms with E-state index in [2.05, 4.69) is 4.98 Å². The summed E-state index contributed by atoms with van der Waals surface area (Å²) in [5.41, 5.74) is 7.38. The van der Waals surface area contributed by atoms with Crippen molar-refractivity contribution in [1.29, 1.82) is 0 Å². The number of methoxy groups -OCH3 is 1. The number of hydrogen-bond donors (Lipinski definition) is 1. The van der Waals surface area contributed by atoms with E-state index in [1.54, 1.807) is 13.3 Å². The second-order valence-electron chi connectivity index (χ2n) is 4.53. The van der Waals surface area contributed by atoms with Gasteiger partial charge in [0.1, 0.15) is 0 Å². The molecule has 2 rings (SSSR count). The van der Waals surface area contributed by atoms with Crippen LogP contribution < -0.4 is 10.5 Å². The standard InChI is InChI=1S/C13H20N2O/c1-16-13-11(8-5-9-15-13)12(14)10-6-3-2-4-7-10/h5,8-10,12H,2-4,6-7,14H2,1H3. The van der Waals surface area contributed by atoms with Crippen LogP contribution in [0.5, 0.6) is 5.88 Å².